The molecule has 0 aromatic heterocycles. The van der Waals surface area contributed by atoms with Gasteiger partial charge in [0.15, 0.2) is 0 Å². The lowest BCUT2D eigenvalue weighted by atomic mass is 9.71. The minimum atomic E-state index is -5.91. The van der Waals surface area contributed by atoms with Crippen molar-refractivity contribution in [2.45, 2.75) is 89.6 Å². The SMILES string of the molecule is CCC(CC(C)C(O)(C(F)(F)F)C(F)(F)F)CC1C(C)(C)C(C)(C)OS1(=O)=O. The summed E-state index contributed by atoms with van der Waals surface area (Å²) in [6.07, 6.45) is -12.5. The van der Waals surface area contributed by atoms with Gasteiger partial charge in [-0.25, -0.2) is 0 Å². The summed E-state index contributed by atoms with van der Waals surface area (Å²) in [6.45, 7) is 8.65. The van der Waals surface area contributed by atoms with Crippen molar-refractivity contribution in [3.05, 3.63) is 0 Å². The average molecular weight is 442 g/mol. The maximum Gasteiger partial charge on any atom is 0.426 e. The number of hydrogen-bond donors (Lipinski definition) is 1. The molecule has 1 aliphatic rings. The van der Waals surface area contributed by atoms with Gasteiger partial charge in [0.05, 0.1) is 10.9 Å². The summed E-state index contributed by atoms with van der Waals surface area (Å²) in [5, 5.41) is 8.47. The van der Waals surface area contributed by atoms with E-state index in [1.165, 1.54) is 0 Å². The average Bonchev–Trinajstić information content (AvgIpc) is 2.57. The molecule has 0 aliphatic carbocycles. The highest BCUT2D eigenvalue weighted by molar-refractivity contribution is 7.87. The second-order valence-corrected chi connectivity index (χ2v) is 10.4. The zero-order chi connectivity index (χ0) is 22.6. The van der Waals surface area contributed by atoms with Crippen LogP contribution in [-0.4, -0.2) is 42.3 Å². The molecule has 4 nitrogen and oxygen atoms in total. The first kappa shape index (κ1) is 25.5. The smallest absolute Gasteiger partial charge is 0.373 e. The Balaban J connectivity index is 3.17. The van der Waals surface area contributed by atoms with Gasteiger partial charge in [-0.3, -0.25) is 4.18 Å². The van der Waals surface area contributed by atoms with Gasteiger partial charge in [0.25, 0.3) is 15.7 Å². The van der Waals surface area contributed by atoms with Crippen molar-refractivity contribution in [3.8, 4) is 0 Å². The summed E-state index contributed by atoms with van der Waals surface area (Å²) in [5.74, 6) is -3.00. The van der Waals surface area contributed by atoms with Crippen LogP contribution in [0.2, 0.25) is 0 Å². The molecular weight excluding hydrogens is 414 g/mol. The minimum Gasteiger partial charge on any atom is -0.373 e. The van der Waals surface area contributed by atoms with E-state index in [4.69, 9.17) is 4.18 Å². The van der Waals surface area contributed by atoms with Crippen molar-refractivity contribution >= 4 is 10.1 Å². The molecule has 28 heavy (non-hydrogen) atoms. The molecule has 0 saturated carbocycles. The van der Waals surface area contributed by atoms with Crippen molar-refractivity contribution in [2.75, 3.05) is 0 Å². The van der Waals surface area contributed by atoms with Gasteiger partial charge in [-0.2, -0.15) is 34.8 Å². The van der Waals surface area contributed by atoms with E-state index >= 15 is 0 Å². The van der Waals surface area contributed by atoms with Crippen LogP contribution in [0.4, 0.5) is 26.3 Å². The summed E-state index contributed by atoms with van der Waals surface area (Å²) in [4.78, 5) is 0. The second-order valence-electron chi connectivity index (χ2n) is 8.71. The third kappa shape index (κ3) is 4.16. The predicted molar refractivity (Wildman–Crippen MR) is 90.9 cm³/mol. The van der Waals surface area contributed by atoms with Crippen LogP contribution in [0.25, 0.3) is 0 Å². The minimum absolute atomic E-state index is 0.151. The standard InChI is InChI=1S/C17H28F6O4S/c1-7-11(8-10(2)15(24,16(18,19)20)17(21,22)23)9-12-13(3,4)14(5,6)27-28(12,25)26/h10-12,24H,7-9H2,1-6H3. The van der Waals surface area contributed by atoms with E-state index in [0.717, 1.165) is 0 Å². The molecule has 11 heteroatoms. The van der Waals surface area contributed by atoms with Gasteiger partial charge >= 0.3 is 12.4 Å². The Bertz CT molecular complexity index is 652. The number of alkyl halides is 6. The molecule has 0 aromatic carbocycles. The van der Waals surface area contributed by atoms with Crippen molar-refractivity contribution in [1.82, 2.24) is 0 Å². The topological polar surface area (TPSA) is 63.6 Å². The van der Waals surface area contributed by atoms with Crippen LogP contribution in [0.5, 0.6) is 0 Å². The van der Waals surface area contributed by atoms with Gasteiger partial charge in [-0.15, -0.1) is 0 Å². The van der Waals surface area contributed by atoms with Crippen molar-refractivity contribution in [1.29, 1.82) is 0 Å². The van der Waals surface area contributed by atoms with E-state index in [1.54, 1.807) is 34.6 Å². The first-order valence-electron chi connectivity index (χ1n) is 8.95. The molecule has 1 aliphatic heterocycles. The van der Waals surface area contributed by atoms with Gasteiger partial charge in [0, 0.05) is 11.3 Å². The number of rotatable bonds is 6. The quantitative estimate of drug-likeness (QED) is 0.473. The van der Waals surface area contributed by atoms with Crippen LogP contribution in [0.3, 0.4) is 0 Å². The molecule has 1 N–H and O–H groups in total. The Kier molecular flexibility index (Phi) is 6.64. The summed E-state index contributed by atoms with van der Waals surface area (Å²) >= 11 is 0. The zero-order valence-electron chi connectivity index (χ0n) is 16.7. The summed E-state index contributed by atoms with van der Waals surface area (Å²) < 4.78 is 108. The van der Waals surface area contributed by atoms with E-state index in [9.17, 15) is 39.9 Å². The number of hydrogen-bond acceptors (Lipinski definition) is 4. The van der Waals surface area contributed by atoms with E-state index < -0.39 is 62.6 Å². The molecule has 0 spiro atoms. The second kappa shape index (κ2) is 7.30. The summed E-state index contributed by atoms with van der Waals surface area (Å²) in [7, 11) is -4.04. The molecule has 0 aromatic rings. The molecule has 0 amide bonds. The van der Waals surface area contributed by atoms with Gasteiger partial charge in [0.2, 0.25) is 0 Å². The molecule has 1 heterocycles. The van der Waals surface area contributed by atoms with Crippen molar-refractivity contribution in [2.24, 2.45) is 17.3 Å². The van der Waals surface area contributed by atoms with E-state index in [1.807, 2.05) is 0 Å². The van der Waals surface area contributed by atoms with Gasteiger partial charge in [-0.05, 0) is 32.6 Å². The number of halogens is 6. The highest BCUT2D eigenvalue weighted by atomic mass is 32.2. The van der Waals surface area contributed by atoms with E-state index in [-0.39, 0.29) is 12.8 Å². The first-order chi connectivity index (χ1) is 12.1. The molecule has 168 valence electrons. The summed E-state index contributed by atoms with van der Waals surface area (Å²) in [5.41, 5.74) is -6.85. The molecule has 0 bridgehead atoms. The van der Waals surface area contributed by atoms with Gasteiger partial charge in [0.1, 0.15) is 0 Å². The predicted octanol–water partition coefficient (Wildman–Crippen LogP) is 4.82. The molecule has 0 radical (unpaired) electrons. The third-order valence-electron chi connectivity index (χ3n) is 6.42. The number of aliphatic hydroxyl groups is 1. The van der Waals surface area contributed by atoms with E-state index in [0.29, 0.717) is 6.92 Å². The molecule has 3 unspecified atom stereocenters. The van der Waals surface area contributed by atoms with E-state index in [2.05, 4.69) is 0 Å². The first-order valence-corrected chi connectivity index (χ1v) is 10.4. The Labute approximate surface area is 161 Å². The monoisotopic (exact) mass is 442 g/mol. The van der Waals surface area contributed by atoms with Gasteiger partial charge < -0.3 is 5.11 Å². The Morgan fingerprint density at radius 2 is 1.46 bits per heavy atom. The molecule has 3 atom stereocenters. The van der Waals surface area contributed by atoms with Crippen molar-refractivity contribution < 1.29 is 44.0 Å². The third-order valence-corrected chi connectivity index (χ3v) is 8.55. The normalized spacial score (nSPS) is 26.8. The molecule has 1 fully saturated rings. The van der Waals surface area contributed by atoms with Crippen molar-refractivity contribution in [3.63, 3.8) is 0 Å². The lowest BCUT2D eigenvalue weighted by Crippen LogP contribution is -2.61. The maximum absolute atomic E-state index is 13.1. The lowest BCUT2D eigenvalue weighted by Gasteiger charge is -2.39. The Morgan fingerprint density at radius 1 is 1.04 bits per heavy atom. The lowest BCUT2D eigenvalue weighted by molar-refractivity contribution is -0.384. The fraction of sp³-hybridized carbons (Fsp3) is 1.00. The van der Waals surface area contributed by atoms with Crippen LogP contribution in [0.1, 0.15) is 60.8 Å². The van der Waals surface area contributed by atoms with Crippen LogP contribution in [0, 0.1) is 17.3 Å². The molecular formula is C17H28F6O4S. The highest BCUT2D eigenvalue weighted by Gasteiger charge is 2.72. The van der Waals surface area contributed by atoms with Crippen LogP contribution >= 0.6 is 0 Å². The molecule has 1 saturated heterocycles. The highest BCUT2D eigenvalue weighted by Crippen LogP contribution is 2.53. The fourth-order valence-corrected chi connectivity index (χ4v) is 6.16. The van der Waals surface area contributed by atoms with Gasteiger partial charge in [-0.1, -0.05) is 34.1 Å². The fourth-order valence-electron chi connectivity index (χ4n) is 3.74. The van der Waals surface area contributed by atoms with Crippen LogP contribution in [0.15, 0.2) is 0 Å². The van der Waals surface area contributed by atoms with Crippen LogP contribution in [-0.2, 0) is 14.3 Å². The Hall–Kier alpha value is -0.550. The Morgan fingerprint density at radius 3 is 1.75 bits per heavy atom. The molecule has 1 rings (SSSR count). The van der Waals surface area contributed by atoms with Crippen LogP contribution < -0.4 is 0 Å². The zero-order valence-corrected chi connectivity index (χ0v) is 17.5. The summed E-state index contributed by atoms with van der Waals surface area (Å²) in [6, 6.07) is 0. The maximum atomic E-state index is 13.1. The largest absolute Gasteiger partial charge is 0.426 e.